The zero-order chi connectivity index (χ0) is 12.1. The fraction of sp³-hybridized carbons (Fsp3) is 0.167. The van der Waals surface area contributed by atoms with Crippen molar-refractivity contribution >= 4 is 5.82 Å². The molecular formula is C12H13N3O2. The minimum Gasteiger partial charge on any atom is -0.497 e. The highest BCUT2D eigenvalue weighted by molar-refractivity contribution is 5.29. The molecule has 2 rings (SSSR count). The van der Waals surface area contributed by atoms with Gasteiger partial charge >= 0.3 is 0 Å². The Kier molecular flexibility index (Phi) is 3.40. The third-order valence-corrected chi connectivity index (χ3v) is 2.18. The Hall–Kier alpha value is -2.30. The zero-order valence-electron chi connectivity index (χ0n) is 9.46. The molecule has 88 valence electrons. The summed E-state index contributed by atoms with van der Waals surface area (Å²) in [4.78, 5) is 0. The van der Waals surface area contributed by atoms with Crippen LogP contribution >= 0.6 is 0 Å². The summed E-state index contributed by atoms with van der Waals surface area (Å²) >= 11 is 0. The molecule has 0 unspecified atom stereocenters. The molecule has 1 aromatic heterocycles. The second-order valence-electron chi connectivity index (χ2n) is 3.44. The number of nitrogen functional groups attached to an aromatic ring is 1. The zero-order valence-corrected chi connectivity index (χ0v) is 9.46. The predicted molar refractivity (Wildman–Crippen MR) is 63.8 cm³/mol. The molecule has 2 aromatic rings. The first-order chi connectivity index (χ1) is 8.28. The molecule has 0 aliphatic rings. The van der Waals surface area contributed by atoms with E-state index in [4.69, 9.17) is 15.2 Å². The normalized spacial score (nSPS) is 9.94. The summed E-state index contributed by atoms with van der Waals surface area (Å²) in [7, 11) is 1.63. The molecule has 0 aliphatic carbocycles. The Balaban J connectivity index is 1.99. The number of methoxy groups -OCH3 is 1. The summed E-state index contributed by atoms with van der Waals surface area (Å²) in [6.07, 6.45) is 0. The highest BCUT2D eigenvalue weighted by Crippen LogP contribution is 2.14. The van der Waals surface area contributed by atoms with Crippen LogP contribution in [0.2, 0.25) is 0 Å². The van der Waals surface area contributed by atoms with Crippen LogP contribution in [-0.2, 0) is 6.61 Å². The molecule has 1 aromatic carbocycles. The molecule has 5 heteroatoms. The van der Waals surface area contributed by atoms with Crippen molar-refractivity contribution in [1.82, 2.24) is 10.2 Å². The number of rotatable bonds is 4. The van der Waals surface area contributed by atoms with Crippen LogP contribution in [-0.4, -0.2) is 17.3 Å². The first-order valence-corrected chi connectivity index (χ1v) is 5.13. The third-order valence-electron chi connectivity index (χ3n) is 2.18. The van der Waals surface area contributed by atoms with Crippen molar-refractivity contribution in [1.29, 1.82) is 0 Å². The molecule has 0 saturated carbocycles. The van der Waals surface area contributed by atoms with E-state index in [9.17, 15) is 0 Å². The van der Waals surface area contributed by atoms with Gasteiger partial charge in [0.05, 0.1) is 7.11 Å². The van der Waals surface area contributed by atoms with Crippen molar-refractivity contribution in [2.45, 2.75) is 6.61 Å². The number of ether oxygens (including phenoxy) is 2. The summed E-state index contributed by atoms with van der Waals surface area (Å²) in [6.45, 7) is 0.412. The molecule has 0 amide bonds. The van der Waals surface area contributed by atoms with E-state index in [-0.39, 0.29) is 0 Å². The summed E-state index contributed by atoms with van der Waals surface area (Å²) in [5.74, 6) is 1.62. The summed E-state index contributed by atoms with van der Waals surface area (Å²) in [5.41, 5.74) is 6.43. The van der Waals surface area contributed by atoms with E-state index in [1.54, 1.807) is 19.2 Å². The number of aromatic nitrogens is 2. The summed E-state index contributed by atoms with van der Waals surface area (Å²) in [5, 5.41) is 7.51. The molecule has 0 spiro atoms. The lowest BCUT2D eigenvalue weighted by Gasteiger charge is -2.06. The standard InChI is InChI=1S/C12H13N3O2/c1-16-10-4-2-3-9(7-10)8-17-12-6-5-11(13)14-15-12/h2-7H,8H2,1H3,(H2,13,14). The number of hydrogen-bond acceptors (Lipinski definition) is 5. The highest BCUT2D eigenvalue weighted by atomic mass is 16.5. The van der Waals surface area contributed by atoms with Gasteiger partial charge in [0.25, 0.3) is 0 Å². The Morgan fingerprint density at radius 2 is 2.06 bits per heavy atom. The number of nitrogens with two attached hydrogens (primary N) is 1. The van der Waals surface area contributed by atoms with Crippen molar-refractivity contribution < 1.29 is 9.47 Å². The number of anilines is 1. The van der Waals surface area contributed by atoms with Gasteiger partial charge in [0.15, 0.2) is 0 Å². The van der Waals surface area contributed by atoms with Gasteiger partial charge in [-0.15, -0.1) is 10.2 Å². The average molecular weight is 231 g/mol. The first-order valence-electron chi connectivity index (χ1n) is 5.13. The van der Waals surface area contributed by atoms with E-state index in [0.29, 0.717) is 18.3 Å². The van der Waals surface area contributed by atoms with Crippen molar-refractivity contribution in [3.05, 3.63) is 42.0 Å². The van der Waals surface area contributed by atoms with Gasteiger partial charge in [-0.05, 0) is 23.8 Å². The van der Waals surface area contributed by atoms with E-state index < -0.39 is 0 Å². The van der Waals surface area contributed by atoms with Crippen LogP contribution in [0.3, 0.4) is 0 Å². The number of benzene rings is 1. The van der Waals surface area contributed by atoms with Crippen molar-refractivity contribution in [3.63, 3.8) is 0 Å². The van der Waals surface area contributed by atoms with Gasteiger partial charge in [-0.1, -0.05) is 12.1 Å². The maximum absolute atomic E-state index is 5.46. The van der Waals surface area contributed by atoms with Gasteiger partial charge in [-0.2, -0.15) is 0 Å². The molecule has 1 heterocycles. The Morgan fingerprint density at radius 1 is 1.18 bits per heavy atom. The van der Waals surface area contributed by atoms with E-state index in [0.717, 1.165) is 11.3 Å². The fourth-order valence-corrected chi connectivity index (χ4v) is 1.33. The van der Waals surface area contributed by atoms with E-state index >= 15 is 0 Å². The molecule has 0 radical (unpaired) electrons. The van der Waals surface area contributed by atoms with Crippen LogP contribution in [0.1, 0.15) is 5.56 Å². The Labute approximate surface area is 99.2 Å². The van der Waals surface area contributed by atoms with Crippen molar-refractivity contribution in [2.75, 3.05) is 12.8 Å². The van der Waals surface area contributed by atoms with Gasteiger partial charge in [-0.25, -0.2) is 0 Å². The third kappa shape index (κ3) is 3.07. The van der Waals surface area contributed by atoms with Crippen LogP contribution in [0, 0.1) is 0 Å². The van der Waals surface area contributed by atoms with E-state index in [2.05, 4.69) is 10.2 Å². The molecule has 0 saturated heterocycles. The molecule has 0 atom stereocenters. The highest BCUT2D eigenvalue weighted by Gasteiger charge is 1.99. The second kappa shape index (κ2) is 5.16. The lowest BCUT2D eigenvalue weighted by Crippen LogP contribution is -2.00. The maximum atomic E-state index is 5.46. The summed E-state index contributed by atoms with van der Waals surface area (Å²) < 4.78 is 10.6. The fourth-order valence-electron chi connectivity index (χ4n) is 1.33. The van der Waals surface area contributed by atoms with E-state index in [1.165, 1.54) is 0 Å². The van der Waals surface area contributed by atoms with Crippen LogP contribution in [0.4, 0.5) is 5.82 Å². The van der Waals surface area contributed by atoms with Crippen LogP contribution < -0.4 is 15.2 Å². The van der Waals surface area contributed by atoms with Crippen molar-refractivity contribution in [2.24, 2.45) is 0 Å². The molecular weight excluding hydrogens is 218 g/mol. The second-order valence-corrected chi connectivity index (χ2v) is 3.44. The van der Waals surface area contributed by atoms with Crippen LogP contribution in [0.25, 0.3) is 0 Å². The maximum Gasteiger partial charge on any atom is 0.233 e. The van der Waals surface area contributed by atoms with Crippen LogP contribution in [0.15, 0.2) is 36.4 Å². The minimum absolute atomic E-state index is 0.374. The average Bonchev–Trinajstić information content (AvgIpc) is 2.38. The Bertz CT molecular complexity index is 485. The monoisotopic (exact) mass is 231 g/mol. The van der Waals surface area contributed by atoms with Crippen LogP contribution in [0.5, 0.6) is 11.6 Å². The predicted octanol–water partition coefficient (Wildman–Crippen LogP) is 1.65. The molecule has 0 bridgehead atoms. The smallest absolute Gasteiger partial charge is 0.233 e. The molecule has 0 aliphatic heterocycles. The largest absolute Gasteiger partial charge is 0.497 e. The minimum atomic E-state index is 0.374. The van der Waals surface area contributed by atoms with Gasteiger partial charge in [-0.3, -0.25) is 0 Å². The lowest BCUT2D eigenvalue weighted by atomic mass is 10.2. The Morgan fingerprint density at radius 3 is 2.76 bits per heavy atom. The van der Waals surface area contributed by atoms with E-state index in [1.807, 2.05) is 24.3 Å². The quantitative estimate of drug-likeness (QED) is 0.866. The first kappa shape index (κ1) is 11.2. The number of hydrogen-bond donors (Lipinski definition) is 1. The van der Waals surface area contributed by atoms with Gasteiger partial charge in [0.2, 0.25) is 5.88 Å². The van der Waals surface area contributed by atoms with Gasteiger partial charge in [0, 0.05) is 6.07 Å². The van der Waals surface area contributed by atoms with Gasteiger partial charge in [0.1, 0.15) is 18.2 Å². The molecule has 2 N–H and O–H groups in total. The van der Waals surface area contributed by atoms with Gasteiger partial charge < -0.3 is 15.2 Å². The topological polar surface area (TPSA) is 70.3 Å². The SMILES string of the molecule is COc1cccc(COc2ccc(N)nn2)c1. The molecule has 5 nitrogen and oxygen atoms in total. The summed E-state index contributed by atoms with van der Waals surface area (Å²) in [6, 6.07) is 11.0. The lowest BCUT2D eigenvalue weighted by molar-refractivity contribution is 0.289. The molecule has 0 fully saturated rings. The van der Waals surface area contributed by atoms with Crippen molar-refractivity contribution in [3.8, 4) is 11.6 Å². The molecule has 17 heavy (non-hydrogen) atoms. The number of nitrogens with zero attached hydrogens (tertiary/aromatic N) is 2.